The maximum Gasteiger partial charge on any atom is 0.240 e. The number of nitrogens with one attached hydrogen (secondary N) is 1. The number of anilines is 1. The van der Waals surface area contributed by atoms with E-state index in [1.165, 1.54) is 4.90 Å². The zero-order valence-electron chi connectivity index (χ0n) is 14.6. The van der Waals surface area contributed by atoms with Crippen LogP contribution < -0.4 is 11.1 Å². The van der Waals surface area contributed by atoms with Crippen LogP contribution in [0.1, 0.15) is 23.1 Å². The summed E-state index contributed by atoms with van der Waals surface area (Å²) in [7, 11) is 0. The Balaban J connectivity index is 1.70. The van der Waals surface area contributed by atoms with E-state index in [0.29, 0.717) is 12.1 Å². The van der Waals surface area contributed by atoms with Gasteiger partial charge < -0.3 is 16.0 Å². The lowest BCUT2D eigenvalue weighted by atomic mass is 9.93. The van der Waals surface area contributed by atoms with Gasteiger partial charge in [0.2, 0.25) is 17.7 Å². The predicted molar refractivity (Wildman–Crippen MR) is 98.1 cm³/mol. The van der Waals surface area contributed by atoms with E-state index in [9.17, 15) is 14.4 Å². The van der Waals surface area contributed by atoms with Crippen LogP contribution in [-0.2, 0) is 27.3 Å². The largest absolute Gasteiger partial charge is 0.368 e. The van der Waals surface area contributed by atoms with E-state index in [1.807, 2.05) is 43.3 Å². The molecule has 134 valence electrons. The fraction of sp³-hybridized carbons (Fsp3) is 0.250. The molecule has 26 heavy (non-hydrogen) atoms. The second-order valence-corrected chi connectivity index (χ2v) is 6.50. The molecule has 0 radical (unpaired) electrons. The van der Waals surface area contributed by atoms with Crippen molar-refractivity contribution in [1.82, 2.24) is 4.90 Å². The molecule has 0 fully saturated rings. The van der Waals surface area contributed by atoms with Gasteiger partial charge in [0, 0.05) is 18.7 Å². The third kappa shape index (κ3) is 3.91. The summed E-state index contributed by atoms with van der Waals surface area (Å²) in [5, 5.41) is 2.70. The van der Waals surface area contributed by atoms with E-state index in [0.717, 1.165) is 16.7 Å². The molecule has 0 saturated heterocycles. The van der Waals surface area contributed by atoms with E-state index in [4.69, 9.17) is 5.73 Å². The van der Waals surface area contributed by atoms with Crippen LogP contribution in [0.3, 0.4) is 0 Å². The number of amides is 3. The minimum Gasteiger partial charge on any atom is -0.368 e. The highest BCUT2D eigenvalue weighted by molar-refractivity contribution is 6.04. The Bertz CT molecular complexity index is 846. The van der Waals surface area contributed by atoms with Gasteiger partial charge in [-0.3, -0.25) is 14.4 Å². The van der Waals surface area contributed by atoms with Crippen molar-refractivity contribution < 1.29 is 14.4 Å². The fourth-order valence-corrected chi connectivity index (χ4v) is 3.12. The van der Waals surface area contributed by atoms with E-state index >= 15 is 0 Å². The number of carbonyl (C=O) groups is 3. The topological polar surface area (TPSA) is 92.5 Å². The lowest BCUT2D eigenvalue weighted by molar-refractivity contribution is -0.142. The Kier molecular flexibility index (Phi) is 5.02. The SMILES string of the molecule is Cc1ccc(NC(=O)CC(=O)N2Cc3ccccc3C[C@H]2C(N)=O)cc1. The molecule has 6 heteroatoms. The van der Waals surface area contributed by atoms with Crippen LogP contribution in [0.4, 0.5) is 5.69 Å². The lowest BCUT2D eigenvalue weighted by Gasteiger charge is -2.35. The van der Waals surface area contributed by atoms with Gasteiger partial charge in [-0.15, -0.1) is 0 Å². The normalized spacial score (nSPS) is 15.9. The van der Waals surface area contributed by atoms with E-state index in [2.05, 4.69) is 5.32 Å². The first-order chi connectivity index (χ1) is 12.4. The number of fused-ring (bicyclic) bond motifs is 1. The molecule has 3 amide bonds. The highest BCUT2D eigenvalue weighted by Crippen LogP contribution is 2.24. The summed E-state index contributed by atoms with van der Waals surface area (Å²) in [6.45, 7) is 2.23. The molecule has 1 heterocycles. The number of rotatable bonds is 4. The summed E-state index contributed by atoms with van der Waals surface area (Å²) in [5.74, 6) is -1.39. The molecule has 6 nitrogen and oxygen atoms in total. The zero-order valence-corrected chi connectivity index (χ0v) is 14.6. The minimum absolute atomic E-state index is 0.278. The minimum atomic E-state index is -0.732. The molecular weight excluding hydrogens is 330 g/mol. The van der Waals surface area contributed by atoms with Crippen LogP contribution >= 0.6 is 0 Å². The number of hydrogen-bond acceptors (Lipinski definition) is 3. The smallest absolute Gasteiger partial charge is 0.240 e. The third-order valence-corrected chi connectivity index (χ3v) is 4.54. The first kappa shape index (κ1) is 17.7. The van der Waals surface area contributed by atoms with Gasteiger partial charge in [-0.1, -0.05) is 42.0 Å². The van der Waals surface area contributed by atoms with Crippen LogP contribution in [-0.4, -0.2) is 28.7 Å². The Labute approximate surface area is 152 Å². The van der Waals surface area contributed by atoms with Gasteiger partial charge in [0.05, 0.1) is 0 Å². The molecule has 0 unspecified atom stereocenters. The van der Waals surface area contributed by atoms with E-state index < -0.39 is 23.8 Å². The zero-order chi connectivity index (χ0) is 18.7. The van der Waals surface area contributed by atoms with Gasteiger partial charge in [0.25, 0.3) is 0 Å². The summed E-state index contributed by atoms with van der Waals surface area (Å²) < 4.78 is 0. The van der Waals surface area contributed by atoms with Crippen LogP contribution in [0.5, 0.6) is 0 Å². The van der Waals surface area contributed by atoms with E-state index in [1.54, 1.807) is 12.1 Å². The van der Waals surface area contributed by atoms with Gasteiger partial charge in [-0.05, 0) is 30.2 Å². The van der Waals surface area contributed by atoms with Crippen LogP contribution in [0, 0.1) is 6.92 Å². The van der Waals surface area contributed by atoms with Crippen molar-refractivity contribution in [3.63, 3.8) is 0 Å². The van der Waals surface area contributed by atoms with Gasteiger partial charge in [0.1, 0.15) is 12.5 Å². The molecule has 1 aliphatic heterocycles. The number of primary amides is 1. The molecule has 0 spiro atoms. The molecule has 0 saturated carbocycles. The van der Waals surface area contributed by atoms with Gasteiger partial charge >= 0.3 is 0 Å². The number of hydrogen-bond donors (Lipinski definition) is 2. The molecule has 3 N–H and O–H groups in total. The number of aryl methyl sites for hydroxylation is 1. The number of nitrogens with two attached hydrogens (primary N) is 1. The van der Waals surface area contributed by atoms with Crippen LogP contribution in [0.25, 0.3) is 0 Å². The number of nitrogens with zero attached hydrogens (tertiary/aromatic N) is 1. The Morgan fingerprint density at radius 1 is 1.08 bits per heavy atom. The molecule has 0 aliphatic carbocycles. The molecule has 2 aromatic carbocycles. The first-order valence-electron chi connectivity index (χ1n) is 8.46. The number of carbonyl (C=O) groups excluding carboxylic acids is 3. The van der Waals surface area contributed by atoms with Gasteiger partial charge in [-0.2, -0.15) is 0 Å². The van der Waals surface area contributed by atoms with E-state index in [-0.39, 0.29) is 13.0 Å². The highest BCUT2D eigenvalue weighted by atomic mass is 16.2. The Hall–Kier alpha value is -3.15. The molecule has 2 aromatic rings. The van der Waals surface area contributed by atoms with Crippen molar-refractivity contribution >= 4 is 23.4 Å². The molecular formula is C20H21N3O3. The summed E-state index contributed by atoms with van der Waals surface area (Å²) in [6.07, 6.45) is 0.0383. The average Bonchev–Trinajstić information content (AvgIpc) is 2.62. The van der Waals surface area contributed by atoms with Crippen molar-refractivity contribution in [3.05, 3.63) is 65.2 Å². The highest BCUT2D eigenvalue weighted by Gasteiger charge is 2.33. The number of benzene rings is 2. The first-order valence-corrected chi connectivity index (χ1v) is 8.46. The quantitative estimate of drug-likeness (QED) is 0.822. The summed E-state index contributed by atoms with van der Waals surface area (Å²) in [6, 6.07) is 14.2. The lowest BCUT2D eigenvalue weighted by Crippen LogP contribution is -2.51. The maximum absolute atomic E-state index is 12.6. The monoisotopic (exact) mass is 351 g/mol. The van der Waals surface area contributed by atoms with Crippen molar-refractivity contribution in [2.75, 3.05) is 5.32 Å². The van der Waals surface area contributed by atoms with Gasteiger partial charge in [-0.25, -0.2) is 0 Å². The summed E-state index contributed by atoms with van der Waals surface area (Å²) >= 11 is 0. The summed E-state index contributed by atoms with van der Waals surface area (Å²) in [5.41, 5.74) is 9.17. The van der Waals surface area contributed by atoms with Crippen molar-refractivity contribution in [2.45, 2.75) is 32.4 Å². The molecule has 1 aliphatic rings. The second kappa shape index (κ2) is 7.39. The molecule has 0 bridgehead atoms. The predicted octanol–water partition coefficient (Wildman–Crippen LogP) is 1.76. The van der Waals surface area contributed by atoms with Crippen LogP contribution in [0.2, 0.25) is 0 Å². The average molecular weight is 351 g/mol. The molecule has 1 atom stereocenters. The molecule has 0 aromatic heterocycles. The van der Waals surface area contributed by atoms with Gasteiger partial charge in [0.15, 0.2) is 0 Å². The second-order valence-electron chi connectivity index (χ2n) is 6.50. The van der Waals surface area contributed by atoms with Crippen molar-refractivity contribution in [3.8, 4) is 0 Å². The Morgan fingerprint density at radius 2 is 1.73 bits per heavy atom. The Morgan fingerprint density at radius 3 is 2.38 bits per heavy atom. The maximum atomic E-state index is 12.6. The standard InChI is InChI=1S/C20H21N3O3/c1-13-6-8-16(9-7-13)22-18(24)11-19(25)23-12-15-5-3-2-4-14(15)10-17(23)20(21)26/h2-9,17H,10-12H2,1H3,(H2,21,26)(H,22,24)/t17-/m0/s1. The van der Waals surface area contributed by atoms with Crippen molar-refractivity contribution in [1.29, 1.82) is 0 Å². The summed E-state index contributed by atoms with van der Waals surface area (Å²) in [4.78, 5) is 38.1. The van der Waals surface area contributed by atoms with Crippen molar-refractivity contribution in [2.24, 2.45) is 5.73 Å². The molecule has 3 rings (SSSR count). The van der Waals surface area contributed by atoms with Crippen LogP contribution in [0.15, 0.2) is 48.5 Å². The third-order valence-electron chi connectivity index (χ3n) is 4.54. The fourth-order valence-electron chi connectivity index (χ4n) is 3.12.